The highest BCUT2D eigenvalue weighted by molar-refractivity contribution is 5.63. The van der Waals surface area contributed by atoms with Crippen molar-refractivity contribution in [2.24, 2.45) is 0 Å². The fourth-order valence-electron chi connectivity index (χ4n) is 1.21. The van der Waals surface area contributed by atoms with Crippen molar-refractivity contribution in [1.82, 2.24) is 9.97 Å². The Kier molecular flexibility index (Phi) is 4.05. The lowest BCUT2D eigenvalue weighted by molar-refractivity contribution is 1.04. The molecule has 0 spiro atoms. The molecule has 2 nitrogen and oxygen atoms in total. The second kappa shape index (κ2) is 5.32. The van der Waals surface area contributed by atoms with Crippen molar-refractivity contribution in [2.45, 2.75) is 27.2 Å². The summed E-state index contributed by atoms with van der Waals surface area (Å²) < 4.78 is 0. The standard InChI is InChI=1S/C10H10N2.C2H6/c1-8-11-7-9-5-3-2-4-6-10(9)12-8;1-2/h3-7H,2H2,1H3;1-2H3. The van der Waals surface area contributed by atoms with Crippen LogP contribution in [0.2, 0.25) is 0 Å². The van der Waals surface area contributed by atoms with Crippen LogP contribution in [0, 0.1) is 6.92 Å². The van der Waals surface area contributed by atoms with E-state index < -0.39 is 0 Å². The van der Waals surface area contributed by atoms with Gasteiger partial charge in [0, 0.05) is 11.8 Å². The molecule has 0 bridgehead atoms. The number of hydrogen-bond acceptors (Lipinski definition) is 2. The molecule has 0 saturated carbocycles. The molecule has 0 radical (unpaired) electrons. The molecule has 1 aliphatic rings. The zero-order valence-electron chi connectivity index (χ0n) is 8.99. The molecule has 1 aromatic rings. The SMILES string of the molecule is CC.Cc1ncc2c(n1)C=CCC=C2. The Morgan fingerprint density at radius 2 is 1.86 bits per heavy atom. The number of rotatable bonds is 0. The van der Waals surface area contributed by atoms with Gasteiger partial charge in [0.1, 0.15) is 5.82 Å². The molecule has 0 aromatic carbocycles. The summed E-state index contributed by atoms with van der Waals surface area (Å²) in [6, 6.07) is 0. The minimum absolute atomic E-state index is 0.828. The molecule has 2 heteroatoms. The molecule has 74 valence electrons. The predicted octanol–water partition coefficient (Wildman–Crippen LogP) is 3.24. The van der Waals surface area contributed by atoms with Crippen molar-refractivity contribution in [3.05, 3.63) is 35.4 Å². The van der Waals surface area contributed by atoms with E-state index in [-0.39, 0.29) is 0 Å². The highest BCUT2D eigenvalue weighted by Crippen LogP contribution is 2.13. The third kappa shape index (κ3) is 2.52. The Morgan fingerprint density at radius 3 is 2.64 bits per heavy atom. The molecule has 0 saturated heterocycles. The molecular formula is C12H16N2. The van der Waals surface area contributed by atoms with Crippen molar-refractivity contribution in [1.29, 1.82) is 0 Å². The zero-order valence-corrected chi connectivity index (χ0v) is 8.99. The second-order valence-corrected chi connectivity index (χ2v) is 2.80. The van der Waals surface area contributed by atoms with E-state index in [9.17, 15) is 0 Å². The van der Waals surface area contributed by atoms with E-state index in [4.69, 9.17) is 0 Å². The molecule has 1 aromatic heterocycles. The number of fused-ring (bicyclic) bond motifs is 1. The summed E-state index contributed by atoms with van der Waals surface area (Å²) in [5, 5.41) is 0. The van der Waals surface area contributed by atoms with Gasteiger partial charge in [0.05, 0.1) is 5.69 Å². The molecule has 0 unspecified atom stereocenters. The van der Waals surface area contributed by atoms with Crippen molar-refractivity contribution in [3.63, 3.8) is 0 Å². The van der Waals surface area contributed by atoms with Crippen molar-refractivity contribution >= 4 is 12.2 Å². The fraction of sp³-hybridized carbons (Fsp3) is 0.333. The van der Waals surface area contributed by atoms with Gasteiger partial charge in [-0.15, -0.1) is 0 Å². The molecule has 0 atom stereocenters. The third-order valence-corrected chi connectivity index (χ3v) is 1.81. The van der Waals surface area contributed by atoms with Crippen molar-refractivity contribution in [3.8, 4) is 0 Å². The van der Waals surface area contributed by atoms with Crippen LogP contribution in [0.25, 0.3) is 12.2 Å². The Morgan fingerprint density at radius 1 is 1.14 bits per heavy atom. The number of allylic oxidation sites excluding steroid dienone is 2. The Hall–Kier alpha value is -1.44. The number of aromatic nitrogens is 2. The molecule has 2 rings (SSSR count). The van der Waals surface area contributed by atoms with Crippen LogP contribution in [0.15, 0.2) is 18.3 Å². The largest absolute Gasteiger partial charge is 0.241 e. The molecule has 0 N–H and O–H groups in total. The van der Waals surface area contributed by atoms with Crippen LogP contribution in [0.5, 0.6) is 0 Å². The van der Waals surface area contributed by atoms with E-state index in [0.717, 1.165) is 23.5 Å². The lowest BCUT2D eigenvalue weighted by Gasteiger charge is -1.98. The molecule has 1 aliphatic carbocycles. The minimum atomic E-state index is 0.828. The van der Waals surface area contributed by atoms with Gasteiger partial charge in [-0.05, 0) is 19.4 Å². The normalized spacial score (nSPS) is 12.5. The first kappa shape index (κ1) is 10.6. The van der Waals surface area contributed by atoms with Crippen molar-refractivity contribution < 1.29 is 0 Å². The predicted molar refractivity (Wildman–Crippen MR) is 60.8 cm³/mol. The van der Waals surface area contributed by atoms with Gasteiger partial charge in [0.15, 0.2) is 0 Å². The van der Waals surface area contributed by atoms with Crippen LogP contribution in [0.4, 0.5) is 0 Å². The van der Waals surface area contributed by atoms with Crippen LogP contribution in [-0.2, 0) is 0 Å². The monoisotopic (exact) mass is 188 g/mol. The molecule has 0 aliphatic heterocycles. The summed E-state index contributed by atoms with van der Waals surface area (Å²) in [5.41, 5.74) is 2.13. The summed E-state index contributed by atoms with van der Waals surface area (Å²) in [7, 11) is 0. The van der Waals surface area contributed by atoms with Gasteiger partial charge in [-0.3, -0.25) is 0 Å². The quantitative estimate of drug-likeness (QED) is 0.624. The van der Waals surface area contributed by atoms with Gasteiger partial charge >= 0.3 is 0 Å². The molecule has 0 amide bonds. The summed E-state index contributed by atoms with van der Waals surface area (Å²) in [5.74, 6) is 0.828. The lowest BCUT2D eigenvalue weighted by Crippen LogP contribution is -1.92. The first-order valence-corrected chi connectivity index (χ1v) is 5.03. The smallest absolute Gasteiger partial charge is 0.125 e. The topological polar surface area (TPSA) is 25.8 Å². The van der Waals surface area contributed by atoms with Crippen molar-refractivity contribution in [2.75, 3.05) is 0 Å². The van der Waals surface area contributed by atoms with Crippen LogP contribution >= 0.6 is 0 Å². The Bertz CT molecular complexity index is 351. The molecule has 14 heavy (non-hydrogen) atoms. The van der Waals surface area contributed by atoms with E-state index in [2.05, 4.69) is 28.2 Å². The van der Waals surface area contributed by atoms with E-state index in [1.165, 1.54) is 0 Å². The fourth-order valence-corrected chi connectivity index (χ4v) is 1.21. The average molecular weight is 188 g/mol. The van der Waals surface area contributed by atoms with E-state index in [0.29, 0.717) is 0 Å². The number of nitrogens with zero attached hydrogens (tertiary/aromatic N) is 2. The second-order valence-electron chi connectivity index (χ2n) is 2.80. The van der Waals surface area contributed by atoms with Crippen LogP contribution in [0.1, 0.15) is 37.4 Å². The summed E-state index contributed by atoms with van der Waals surface area (Å²) in [6.45, 7) is 5.91. The number of aryl methyl sites for hydroxylation is 1. The maximum Gasteiger partial charge on any atom is 0.125 e. The van der Waals surface area contributed by atoms with Gasteiger partial charge in [-0.2, -0.15) is 0 Å². The van der Waals surface area contributed by atoms with Gasteiger partial charge in [-0.1, -0.05) is 32.1 Å². The van der Waals surface area contributed by atoms with Crippen LogP contribution in [0.3, 0.4) is 0 Å². The maximum atomic E-state index is 4.32. The van der Waals surface area contributed by atoms with Gasteiger partial charge in [-0.25, -0.2) is 9.97 Å². The van der Waals surface area contributed by atoms with E-state index >= 15 is 0 Å². The van der Waals surface area contributed by atoms with Crippen LogP contribution < -0.4 is 0 Å². The van der Waals surface area contributed by atoms with E-state index in [1.54, 1.807) is 0 Å². The van der Waals surface area contributed by atoms with Gasteiger partial charge in [0.25, 0.3) is 0 Å². The Labute approximate surface area is 85.4 Å². The maximum absolute atomic E-state index is 4.32. The highest BCUT2D eigenvalue weighted by atomic mass is 14.9. The van der Waals surface area contributed by atoms with Gasteiger partial charge in [0.2, 0.25) is 0 Å². The molecule has 1 heterocycles. The van der Waals surface area contributed by atoms with E-state index in [1.807, 2.05) is 33.0 Å². The third-order valence-electron chi connectivity index (χ3n) is 1.81. The van der Waals surface area contributed by atoms with Gasteiger partial charge < -0.3 is 0 Å². The highest BCUT2D eigenvalue weighted by Gasteiger charge is 2.00. The Balaban J connectivity index is 0.000000461. The first-order valence-electron chi connectivity index (χ1n) is 5.03. The average Bonchev–Trinajstić information content (AvgIpc) is 2.45. The lowest BCUT2D eigenvalue weighted by atomic mass is 10.2. The molecular weight excluding hydrogens is 172 g/mol. The summed E-state index contributed by atoms with van der Waals surface area (Å²) in [4.78, 5) is 8.46. The first-order chi connectivity index (χ1) is 6.86. The zero-order chi connectivity index (χ0) is 10.4. The number of hydrogen-bond donors (Lipinski definition) is 0. The summed E-state index contributed by atoms with van der Waals surface area (Å²) >= 11 is 0. The summed E-state index contributed by atoms with van der Waals surface area (Å²) in [6.07, 6.45) is 11.2. The molecule has 0 fully saturated rings. The van der Waals surface area contributed by atoms with Crippen LogP contribution in [-0.4, -0.2) is 9.97 Å². The minimum Gasteiger partial charge on any atom is -0.241 e.